The third kappa shape index (κ3) is 9.64. The largest absolute Gasteiger partial charge is 0.492 e. The molecule has 2 aromatic rings. The lowest BCUT2D eigenvalue weighted by atomic mass is 10.0. The van der Waals surface area contributed by atoms with Gasteiger partial charge in [0.25, 0.3) is 5.91 Å². The average molecular weight is 895 g/mol. The van der Waals surface area contributed by atoms with Gasteiger partial charge < -0.3 is 34.2 Å². The molecule has 2 bridgehead atoms. The summed E-state index contributed by atoms with van der Waals surface area (Å²) in [6.07, 6.45) is 10.00. The number of ether oxygens (including phenoxy) is 3. The summed E-state index contributed by atoms with van der Waals surface area (Å²) in [6.45, 7) is 10.6. The molecule has 3 aliphatic carbocycles. The Hall–Kier alpha value is -4.51. The average Bonchev–Trinajstić information content (AvgIpc) is 4.21. The number of aromatic nitrogens is 1. The van der Waals surface area contributed by atoms with Crippen LogP contribution in [-0.2, 0) is 35.6 Å². The Bertz CT molecular complexity index is 2200. The molecule has 4 unspecified atom stereocenters. The monoisotopic (exact) mass is 894 g/mol. The number of pyridine rings is 1. The molecule has 2 saturated heterocycles. The van der Waals surface area contributed by atoms with Gasteiger partial charge in [-0.2, -0.15) is 0 Å². The van der Waals surface area contributed by atoms with Crippen molar-refractivity contribution in [3.63, 3.8) is 0 Å². The summed E-state index contributed by atoms with van der Waals surface area (Å²) in [5.74, 6) is -1.83. The van der Waals surface area contributed by atoms with Gasteiger partial charge in [0.05, 0.1) is 29.0 Å². The van der Waals surface area contributed by atoms with Crippen molar-refractivity contribution in [2.45, 2.75) is 139 Å². The van der Waals surface area contributed by atoms with Crippen LogP contribution in [-0.4, -0.2) is 126 Å². The molecule has 3 aliphatic heterocycles. The van der Waals surface area contributed by atoms with Crippen LogP contribution in [0.15, 0.2) is 30.9 Å². The van der Waals surface area contributed by atoms with Crippen molar-refractivity contribution in [2.24, 2.45) is 11.8 Å². The van der Waals surface area contributed by atoms with Gasteiger partial charge in [0.1, 0.15) is 41.9 Å². The Morgan fingerprint density at radius 2 is 1.90 bits per heavy atom. The molecule has 6 atom stereocenters. The zero-order valence-corrected chi connectivity index (χ0v) is 37.5. The summed E-state index contributed by atoms with van der Waals surface area (Å²) in [5.41, 5.74) is -0.446. The number of hydrogen-bond donors (Lipinski definition) is 2. The number of likely N-dealkylation sites (tertiary alicyclic amines) is 1. The van der Waals surface area contributed by atoms with E-state index in [1.54, 1.807) is 19.1 Å². The number of sulfonamides is 1. The van der Waals surface area contributed by atoms with E-state index in [4.69, 9.17) is 19.2 Å². The SMILES string of the molecule is C=C[C@@H]1C[C@@]1(C(=O)NS(=O)(=O)C1(C)CC1)N(CCCC)C(=O)C1CC2CN1C(=O)CNC(=O)OC1CC1CCCCCc1c(nc3cc(F)ccc3c1OCCCN1CCCC1)O2. The molecule has 63 heavy (non-hydrogen) atoms. The Labute approximate surface area is 369 Å². The van der Waals surface area contributed by atoms with Crippen molar-refractivity contribution >= 4 is 44.7 Å². The first-order valence-electron chi connectivity index (χ1n) is 23.2. The van der Waals surface area contributed by atoms with Gasteiger partial charge in [-0.05, 0) is 109 Å². The van der Waals surface area contributed by atoms with Crippen LogP contribution < -0.4 is 19.5 Å². The summed E-state index contributed by atoms with van der Waals surface area (Å²) in [5, 5.41) is 3.25. The predicted molar refractivity (Wildman–Crippen MR) is 233 cm³/mol. The second kappa shape index (κ2) is 18.5. The highest BCUT2D eigenvalue weighted by atomic mass is 32.2. The quantitative estimate of drug-likeness (QED) is 0.184. The molecule has 8 rings (SSSR count). The lowest BCUT2D eigenvalue weighted by Crippen LogP contribution is -2.59. The maximum Gasteiger partial charge on any atom is 0.407 e. The van der Waals surface area contributed by atoms with E-state index in [1.165, 1.54) is 34.8 Å². The number of halogens is 1. The zero-order chi connectivity index (χ0) is 44.5. The van der Waals surface area contributed by atoms with Crippen molar-refractivity contribution in [3.8, 4) is 11.6 Å². The molecular formula is C46H63FN6O9S. The van der Waals surface area contributed by atoms with Crippen molar-refractivity contribution in [1.82, 2.24) is 29.7 Å². The van der Waals surface area contributed by atoms with Gasteiger partial charge in [0.15, 0.2) is 0 Å². The van der Waals surface area contributed by atoms with Gasteiger partial charge in [0, 0.05) is 36.9 Å². The number of amides is 4. The van der Waals surface area contributed by atoms with Crippen molar-refractivity contribution < 1.29 is 46.2 Å². The van der Waals surface area contributed by atoms with Crippen LogP contribution in [0.2, 0.25) is 0 Å². The van der Waals surface area contributed by atoms with Crippen LogP contribution in [0.1, 0.15) is 109 Å². The molecule has 1 aromatic heterocycles. The van der Waals surface area contributed by atoms with Crippen molar-refractivity contribution in [2.75, 3.05) is 45.9 Å². The molecule has 4 amide bonds. The highest BCUT2D eigenvalue weighted by Gasteiger charge is 2.66. The molecule has 2 N–H and O–H groups in total. The number of unbranched alkanes of at least 4 members (excludes halogenated alkanes) is 1. The molecule has 6 aliphatic rings. The van der Waals surface area contributed by atoms with E-state index in [0.29, 0.717) is 55.4 Å². The first-order valence-corrected chi connectivity index (χ1v) is 24.6. The van der Waals surface area contributed by atoms with Gasteiger partial charge in [0.2, 0.25) is 27.7 Å². The molecule has 15 nitrogen and oxygen atoms in total. The smallest absolute Gasteiger partial charge is 0.407 e. The van der Waals surface area contributed by atoms with Gasteiger partial charge in [-0.25, -0.2) is 22.6 Å². The fourth-order valence-electron chi connectivity index (χ4n) is 9.74. The summed E-state index contributed by atoms with van der Waals surface area (Å²) in [6, 6.07) is 3.28. The zero-order valence-electron chi connectivity index (χ0n) is 36.7. The molecule has 4 heterocycles. The van der Waals surface area contributed by atoms with E-state index in [9.17, 15) is 27.2 Å². The van der Waals surface area contributed by atoms with E-state index in [1.807, 2.05) is 6.92 Å². The Morgan fingerprint density at radius 1 is 1.11 bits per heavy atom. The number of alkyl carbamates (subject to hydrolysis) is 1. The van der Waals surface area contributed by atoms with E-state index >= 15 is 4.79 Å². The first-order chi connectivity index (χ1) is 30.3. The molecule has 0 radical (unpaired) electrons. The summed E-state index contributed by atoms with van der Waals surface area (Å²) >= 11 is 0. The van der Waals surface area contributed by atoms with Crippen LogP contribution in [0.25, 0.3) is 10.9 Å². The number of benzene rings is 1. The predicted octanol–water partition coefficient (Wildman–Crippen LogP) is 5.39. The topological polar surface area (TPSA) is 177 Å². The van der Waals surface area contributed by atoms with Crippen LogP contribution in [0.5, 0.6) is 11.6 Å². The van der Waals surface area contributed by atoms with Gasteiger partial charge in [-0.3, -0.25) is 19.1 Å². The highest BCUT2D eigenvalue weighted by molar-refractivity contribution is 7.91. The number of hydrogen-bond acceptors (Lipinski definition) is 11. The normalized spacial score (nSPS) is 28.3. The number of carbonyl (C=O) groups excluding carboxylic acids is 4. The maximum absolute atomic E-state index is 15.2. The number of fused-ring (bicyclic) bond motifs is 5. The minimum atomic E-state index is -4.04. The first kappa shape index (κ1) is 45.1. The Balaban J connectivity index is 1.13. The fourth-order valence-corrected chi connectivity index (χ4v) is 11.0. The van der Waals surface area contributed by atoms with E-state index < -0.39 is 74.5 Å². The molecule has 1 aromatic carbocycles. The second-order valence-electron chi connectivity index (χ2n) is 18.8. The number of nitrogens with zero attached hydrogens (tertiary/aromatic N) is 4. The van der Waals surface area contributed by atoms with E-state index in [0.717, 1.165) is 63.7 Å². The molecule has 3 saturated carbocycles. The highest BCUT2D eigenvalue weighted by Crippen LogP contribution is 2.52. The van der Waals surface area contributed by atoms with Gasteiger partial charge >= 0.3 is 6.09 Å². The third-order valence-electron chi connectivity index (χ3n) is 14.1. The molecular weight excluding hydrogens is 832 g/mol. The molecule has 5 fully saturated rings. The minimum absolute atomic E-state index is 0.00254. The van der Waals surface area contributed by atoms with Gasteiger partial charge in [-0.15, -0.1) is 6.58 Å². The Kier molecular flexibility index (Phi) is 13.3. The molecule has 344 valence electrons. The van der Waals surface area contributed by atoms with Crippen LogP contribution in [0.4, 0.5) is 9.18 Å². The number of rotatable bonds is 14. The molecule has 0 spiro atoms. The van der Waals surface area contributed by atoms with Crippen LogP contribution >= 0.6 is 0 Å². The number of carbonyl (C=O) groups is 4. The maximum atomic E-state index is 15.2. The Morgan fingerprint density at radius 3 is 2.63 bits per heavy atom. The summed E-state index contributed by atoms with van der Waals surface area (Å²) in [7, 11) is -4.04. The minimum Gasteiger partial charge on any atom is -0.492 e. The van der Waals surface area contributed by atoms with Crippen molar-refractivity contribution in [3.05, 3.63) is 42.2 Å². The van der Waals surface area contributed by atoms with Gasteiger partial charge in [-0.1, -0.05) is 32.3 Å². The summed E-state index contributed by atoms with van der Waals surface area (Å²) < 4.78 is 61.9. The lowest BCUT2D eigenvalue weighted by molar-refractivity contribution is -0.149. The van der Waals surface area contributed by atoms with E-state index in [2.05, 4.69) is 21.5 Å². The van der Waals surface area contributed by atoms with Crippen molar-refractivity contribution in [1.29, 1.82) is 0 Å². The molecule has 17 heteroatoms. The second-order valence-corrected chi connectivity index (χ2v) is 21.0. The third-order valence-corrected chi connectivity index (χ3v) is 16.3. The standard InChI is InChI=1S/C46H63FN6O9S/c1-4-6-22-53(46(27-31(46)5-2)43(56)50-63(58,59)45(3)17-18-45)42(55)37-26-33-29-52(37)39(54)28-48-44(57)62-38-24-30(38)13-8-7-9-14-35-40(60-23-12-21-51-19-10-11-20-51)34-16-15-32(47)25-36(34)49-41(35)61-33/h5,15-16,25,30-31,33,37-38H,2,4,6-14,17-24,26-29H2,1,3H3,(H,48,57)(H,50,56)/t30?,31-,33?,37?,38?,46-/m1/s1. The van der Waals surface area contributed by atoms with E-state index in [-0.39, 0.29) is 43.8 Å². The fraction of sp³-hybridized carbons (Fsp3) is 0.674. The summed E-state index contributed by atoms with van der Waals surface area (Å²) in [4.78, 5) is 66.6. The lowest BCUT2D eigenvalue weighted by Gasteiger charge is -2.36. The van der Waals surface area contributed by atoms with Crippen LogP contribution in [0.3, 0.4) is 0 Å². The number of nitrogens with one attached hydrogen (secondary N) is 2. The van der Waals surface area contributed by atoms with Crippen LogP contribution in [0, 0.1) is 17.7 Å².